The molecule has 1 aromatic carbocycles. The van der Waals surface area contributed by atoms with Crippen LogP contribution in [0.25, 0.3) is 10.9 Å². The van der Waals surface area contributed by atoms with Crippen LogP contribution in [0, 0.1) is 0 Å². The lowest BCUT2D eigenvalue weighted by Crippen LogP contribution is -2.51. The maximum atomic E-state index is 12.9. The molecule has 0 spiro atoms. The summed E-state index contributed by atoms with van der Waals surface area (Å²) in [6.07, 6.45) is -0.586. The summed E-state index contributed by atoms with van der Waals surface area (Å²) in [4.78, 5) is 8.43. The maximum absolute atomic E-state index is 12.9. The molecular formula is C15H17BrF2N4O3S. The van der Waals surface area contributed by atoms with Crippen LogP contribution in [0.5, 0.6) is 0 Å². The number of aromatic nitrogens is 2. The van der Waals surface area contributed by atoms with Crippen molar-refractivity contribution in [3.63, 3.8) is 0 Å². The number of hydrogen-bond acceptors (Lipinski definition) is 6. The van der Waals surface area contributed by atoms with Gasteiger partial charge in [-0.25, -0.2) is 27.2 Å². The number of anilines is 1. The number of fused-ring (bicyclic) bond motifs is 1. The lowest BCUT2D eigenvalue weighted by atomic mass is 10.0. The van der Waals surface area contributed by atoms with Gasteiger partial charge in [-0.05, 0) is 34.5 Å². The number of nitrogens with zero attached hydrogens (tertiary/aromatic N) is 3. The minimum atomic E-state index is -3.35. The molecule has 1 aliphatic rings. The van der Waals surface area contributed by atoms with Gasteiger partial charge in [0.25, 0.3) is 6.43 Å². The highest BCUT2D eigenvalue weighted by Crippen LogP contribution is 2.30. The molecule has 1 saturated heterocycles. The van der Waals surface area contributed by atoms with Crippen molar-refractivity contribution in [1.82, 2.24) is 14.3 Å². The van der Waals surface area contributed by atoms with E-state index in [0.717, 1.165) is 6.26 Å². The maximum Gasteiger partial charge on any atom is 0.263 e. The number of aliphatic hydroxyl groups is 1. The van der Waals surface area contributed by atoms with Crippen LogP contribution in [-0.2, 0) is 10.0 Å². The molecule has 0 aliphatic carbocycles. The van der Waals surface area contributed by atoms with Gasteiger partial charge in [0.2, 0.25) is 16.0 Å². The zero-order valence-corrected chi connectivity index (χ0v) is 16.1. The Bertz CT molecular complexity index is 928. The van der Waals surface area contributed by atoms with Crippen molar-refractivity contribution in [3.8, 4) is 0 Å². The first kappa shape index (κ1) is 19.3. The van der Waals surface area contributed by atoms with Gasteiger partial charge in [0.1, 0.15) is 0 Å². The van der Waals surface area contributed by atoms with Crippen molar-refractivity contribution in [2.45, 2.75) is 25.0 Å². The molecule has 2 aromatic rings. The summed E-state index contributed by atoms with van der Waals surface area (Å²) in [5.41, 5.74) is 0.340. The van der Waals surface area contributed by atoms with Crippen molar-refractivity contribution in [2.75, 3.05) is 24.7 Å². The third-order valence-corrected chi connectivity index (χ3v) is 6.11. The van der Waals surface area contributed by atoms with E-state index < -0.39 is 28.6 Å². The average molecular weight is 451 g/mol. The van der Waals surface area contributed by atoms with Crippen LogP contribution in [0.3, 0.4) is 0 Å². The second kappa shape index (κ2) is 7.29. The lowest BCUT2D eigenvalue weighted by Gasteiger charge is -2.34. The van der Waals surface area contributed by atoms with Crippen molar-refractivity contribution >= 4 is 42.8 Å². The molecule has 1 aliphatic heterocycles. The van der Waals surface area contributed by atoms with Crippen LogP contribution in [-0.4, -0.2) is 59.3 Å². The van der Waals surface area contributed by atoms with E-state index in [2.05, 4.69) is 31.2 Å². The summed E-state index contributed by atoms with van der Waals surface area (Å²) in [5.74, 6) is 0.236. The van der Waals surface area contributed by atoms with Crippen LogP contribution >= 0.6 is 15.9 Å². The first-order valence-electron chi connectivity index (χ1n) is 7.79. The van der Waals surface area contributed by atoms with Gasteiger partial charge in [-0.15, -0.1) is 0 Å². The minimum absolute atomic E-state index is 0.00841. The Balaban J connectivity index is 1.79. The summed E-state index contributed by atoms with van der Waals surface area (Å²) in [7, 11) is -3.35. The molecule has 0 bridgehead atoms. The first-order chi connectivity index (χ1) is 12.1. The van der Waals surface area contributed by atoms with Crippen LogP contribution in [0.2, 0.25) is 0 Å². The molecule has 142 valence electrons. The van der Waals surface area contributed by atoms with Gasteiger partial charge in [0, 0.05) is 34.7 Å². The van der Waals surface area contributed by atoms with Crippen molar-refractivity contribution in [2.24, 2.45) is 0 Å². The van der Waals surface area contributed by atoms with Gasteiger partial charge < -0.3 is 10.4 Å². The highest BCUT2D eigenvalue weighted by molar-refractivity contribution is 9.10. The second-order valence-corrected chi connectivity index (χ2v) is 9.00. The SMILES string of the molecule is CS(=O)(=O)N1CC[C@@H](Nc2ncc3cc(C(F)F)cc(Br)c3n2)[C@H](O)C1. The fourth-order valence-corrected chi connectivity index (χ4v) is 4.30. The molecule has 2 atom stereocenters. The third kappa shape index (κ3) is 4.11. The van der Waals surface area contributed by atoms with E-state index in [4.69, 9.17) is 0 Å². The number of alkyl halides is 2. The molecule has 7 nitrogen and oxygen atoms in total. The van der Waals surface area contributed by atoms with Gasteiger partial charge in [-0.1, -0.05) is 0 Å². The molecule has 0 radical (unpaired) electrons. The van der Waals surface area contributed by atoms with Crippen LogP contribution in [0.15, 0.2) is 22.8 Å². The fourth-order valence-electron chi connectivity index (χ4n) is 2.86. The largest absolute Gasteiger partial charge is 0.390 e. The standard InChI is InChI=1S/C15H17BrF2N4O3S/c1-26(24,25)22-3-2-11(12(23)7-22)20-15-19-6-9-4-8(14(17)18)5-10(16)13(9)21-15/h4-6,11-12,14,23H,2-3,7H2,1H3,(H,19,20,21)/t11-,12-/m1/s1. The lowest BCUT2D eigenvalue weighted by molar-refractivity contribution is 0.0951. The highest BCUT2D eigenvalue weighted by atomic mass is 79.9. The molecule has 1 fully saturated rings. The predicted molar refractivity (Wildman–Crippen MR) is 96.6 cm³/mol. The Morgan fingerprint density at radius 1 is 1.42 bits per heavy atom. The predicted octanol–water partition coefficient (Wildman–Crippen LogP) is 2.14. The van der Waals surface area contributed by atoms with E-state index in [-0.39, 0.29) is 24.6 Å². The molecule has 2 heterocycles. The number of hydrogen-bond donors (Lipinski definition) is 2. The Morgan fingerprint density at radius 2 is 2.15 bits per heavy atom. The number of nitrogens with one attached hydrogen (secondary N) is 1. The summed E-state index contributed by atoms with van der Waals surface area (Å²) in [6.45, 7) is 0.272. The van der Waals surface area contributed by atoms with E-state index in [9.17, 15) is 22.3 Å². The molecule has 11 heteroatoms. The van der Waals surface area contributed by atoms with Crippen molar-refractivity contribution < 1.29 is 22.3 Å². The van der Waals surface area contributed by atoms with Gasteiger partial charge in [0.15, 0.2) is 0 Å². The van der Waals surface area contributed by atoms with E-state index in [1.54, 1.807) is 0 Å². The highest BCUT2D eigenvalue weighted by Gasteiger charge is 2.32. The summed E-state index contributed by atoms with van der Waals surface area (Å²) in [5, 5.41) is 13.7. The van der Waals surface area contributed by atoms with E-state index in [1.807, 2.05) is 0 Å². The smallest absolute Gasteiger partial charge is 0.263 e. The number of β-amino-alcohol motifs (C(OH)–C–C–N with tert-alkyl or cyclic N) is 1. The number of aliphatic hydroxyl groups excluding tert-OH is 1. The van der Waals surface area contributed by atoms with Gasteiger partial charge in [-0.2, -0.15) is 4.31 Å². The molecule has 2 N–H and O–H groups in total. The van der Waals surface area contributed by atoms with Gasteiger partial charge in [-0.3, -0.25) is 0 Å². The Kier molecular flexibility index (Phi) is 5.42. The monoisotopic (exact) mass is 450 g/mol. The molecule has 3 rings (SSSR count). The zero-order chi connectivity index (χ0) is 19.1. The summed E-state index contributed by atoms with van der Waals surface area (Å²) in [6, 6.07) is 2.22. The number of sulfonamides is 1. The van der Waals surface area contributed by atoms with Gasteiger partial charge >= 0.3 is 0 Å². The average Bonchev–Trinajstić information content (AvgIpc) is 2.56. The molecule has 0 unspecified atom stereocenters. The number of benzene rings is 1. The fraction of sp³-hybridized carbons (Fsp3) is 0.467. The number of halogens is 3. The van der Waals surface area contributed by atoms with Crippen molar-refractivity contribution in [3.05, 3.63) is 28.4 Å². The van der Waals surface area contributed by atoms with Crippen molar-refractivity contribution in [1.29, 1.82) is 0 Å². The third-order valence-electron chi connectivity index (χ3n) is 4.24. The van der Waals surface area contributed by atoms with E-state index in [0.29, 0.717) is 21.8 Å². The quantitative estimate of drug-likeness (QED) is 0.740. The summed E-state index contributed by atoms with van der Waals surface area (Å²) >= 11 is 3.24. The molecular weight excluding hydrogens is 434 g/mol. The second-order valence-electron chi connectivity index (χ2n) is 6.16. The normalized spacial score (nSPS) is 22.1. The minimum Gasteiger partial charge on any atom is -0.390 e. The van der Waals surface area contributed by atoms with E-state index >= 15 is 0 Å². The molecule has 1 aromatic heterocycles. The number of piperidine rings is 1. The van der Waals surface area contributed by atoms with E-state index in [1.165, 1.54) is 22.6 Å². The zero-order valence-electron chi connectivity index (χ0n) is 13.7. The Morgan fingerprint density at radius 3 is 2.77 bits per heavy atom. The number of rotatable bonds is 4. The first-order valence-corrected chi connectivity index (χ1v) is 10.4. The summed E-state index contributed by atoms with van der Waals surface area (Å²) < 4.78 is 50.5. The molecule has 0 saturated carbocycles. The molecule has 0 amide bonds. The Hall–Kier alpha value is -1.43. The Labute approximate surface area is 157 Å². The van der Waals surface area contributed by atoms with Crippen LogP contribution in [0.4, 0.5) is 14.7 Å². The van der Waals surface area contributed by atoms with Crippen LogP contribution in [0.1, 0.15) is 18.4 Å². The topological polar surface area (TPSA) is 95.4 Å². The van der Waals surface area contributed by atoms with Gasteiger partial charge in [0.05, 0.1) is 23.9 Å². The molecule has 26 heavy (non-hydrogen) atoms. The van der Waals surface area contributed by atoms with Crippen LogP contribution < -0.4 is 5.32 Å².